The molecule has 0 atom stereocenters. The largest absolute Gasteiger partial charge is 2.00 e. The number of hydrogen-bond donors (Lipinski definition) is 8. The summed E-state index contributed by atoms with van der Waals surface area (Å²) in [4.78, 5) is 115. The minimum Gasteiger partial charge on any atom is -0.790 e. The molecule has 0 aliphatic rings. The molecule has 0 fully saturated rings. The summed E-state index contributed by atoms with van der Waals surface area (Å²) in [5, 5.41) is 0. The van der Waals surface area contributed by atoms with E-state index >= 15 is 0 Å². The maximum atomic E-state index is 9.55. The minimum atomic E-state index is -5.68. The molecule has 0 unspecified atom stereocenters. The molecule has 0 saturated carbocycles. The fourth-order valence-corrected chi connectivity index (χ4v) is 2.27. The molecule has 0 rings (SSSR count). The predicted octanol–water partition coefficient (Wildman–Crippen LogP) is -13.3. The van der Waals surface area contributed by atoms with Crippen molar-refractivity contribution in [2.24, 2.45) is 0 Å². The molecule has 0 saturated heterocycles. The zero-order valence-electron chi connectivity index (χ0n) is 14.7. The average Bonchev–Trinajstić information content (AvgIpc) is 1.95. The molecule has 32 heavy (non-hydrogen) atoms. The molecule has 0 aromatic rings. The topological polar surface area (TPSA) is 421 Å². The van der Waals surface area contributed by atoms with Gasteiger partial charge in [-0.2, -0.15) is 0 Å². The Bertz CT molecular complexity index is 590. The summed E-state index contributed by atoms with van der Waals surface area (Å²) >= 11 is 0. The van der Waals surface area contributed by atoms with Gasteiger partial charge in [-0.05, 0) is 0 Å². The maximum Gasteiger partial charge on any atom is 2.00 e. The van der Waals surface area contributed by atoms with Gasteiger partial charge in [0.15, 0.2) is 0 Å². The van der Waals surface area contributed by atoms with Crippen LogP contribution in [-0.4, -0.2) is 39.1 Å². The molecule has 32 heteroatoms. The van der Waals surface area contributed by atoms with E-state index in [0.29, 0.717) is 0 Å². The Morgan fingerprint density at radius 1 is 0.438 bits per heavy atom. The Morgan fingerprint density at radius 2 is 0.562 bits per heavy atom. The Balaban J connectivity index is -0.0000000397. The van der Waals surface area contributed by atoms with Crippen molar-refractivity contribution in [3.63, 3.8) is 0 Å². The first-order chi connectivity index (χ1) is 11.4. The van der Waals surface area contributed by atoms with E-state index in [9.17, 15) is 47.6 Å². The van der Waals surface area contributed by atoms with Crippen LogP contribution in [0.15, 0.2) is 0 Å². The van der Waals surface area contributed by atoms with Gasteiger partial charge in [0.2, 0.25) is 0 Å². The molecule has 0 aromatic heterocycles. The van der Waals surface area contributed by atoms with Crippen LogP contribution in [0.1, 0.15) is 0 Å². The van der Waals surface area contributed by atoms with Crippen molar-refractivity contribution < 1.29 is 198 Å². The number of phosphoric acid groups is 6. The monoisotopic (exact) mass is 702 g/mol. The van der Waals surface area contributed by atoms with Crippen molar-refractivity contribution in [2.75, 3.05) is 0 Å². The van der Waals surface area contributed by atoms with Gasteiger partial charge in [-0.3, -0.25) is 4.31 Å². The molecule has 0 spiro atoms. The smallest absolute Gasteiger partial charge is 0.790 e. The van der Waals surface area contributed by atoms with Gasteiger partial charge < -0.3 is 86.5 Å². The van der Waals surface area contributed by atoms with Gasteiger partial charge in [0, 0.05) is 0 Å². The van der Waals surface area contributed by atoms with Crippen LogP contribution in [0.2, 0.25) is 0 Å². The minimum absolute atomic E-state index is 0. The molecule has 0 aromatic carbocycles. The molecule has 0 bridgehead atoms. The van der Waals surface area contributed by atoms with Crippen molar-refractivity contribution in [2.45, 2.75) is 0 Å². The molecule has 22 nitrogen and oxygen atoms in total. The summed E-state index contributed by atoms with van der Waals surface area (Å²) in [6, 6.07) is 0. The van der Waals surface area contributed by atoms with Crippen LogP contribution in [0, 0.1) is 0 Å². The van der Waals surface area contributed by atoms with Gasteiger partial charge >= 0.3 is 117 Å². The van der Waals surface area contributed by atoms with Crippen LogP contribution < -0.4 is 88.5 Å². The molecule has 0 heterocycles. The molecule has 186 valence electrons. The van der Waals surface area contributed by atoms with E-state index in [2.05, 4.69) is 8.62 Å². The van der Waals surface area contributed by atoms with Crippen molar-refractivity contribution >= 4 is 46.9 Å². The first kappa shape index (κ1) is 56.1. The fourth-order valence-electron chi connectivity index (χ4n) is 0.253. The zero-order valence-corrected chi connectivity index (χ0v) is 26.5. The third kappa shape index (κ3) is 146. The Morgan fingerprint density at radius 3 is 0.562 bits per heavy atom. The third-order valence-corrected chi connectivity index (χ3v) is 3.66. The van der Waals surface area contributed by atoms with Gasteiger partial charge in [-0.25, -0.2) is 13.7 Å². The molecule has 8 N–H and O–H groups in total. The fraction of sp³-hybridized carbons (Fsp3) is 0. The summed E-state index contributed by atoms with van der Waals surface area (Å²) < 4.78 is 60.6. The number of rotatable bonds is 4. The van der Waals surface area contributed by atoms with Crippen LogP contribution >= 0.6 is 46.9 Å². The normalized spacial score (nSPS) is 11.4. The first-order valence-corrected chi connectivity index (χ1v) is 13.6. The van der Waals surface area contributed by atoms with Gasteiger partial charge in [0.25, 0.3) is 0 Å². The Kier molecular flexibility index (Phi) is 39.8. The van der Waals surface area contributed by atoms with Crippen molar-refractivity contribution in [3.05, 3.63) is 0 Å². The summed E-state index contributed by atoms with van der Waals surface area (Å²) in [6.07, 6.45) is 0. The van der Waals surface area contributed by atoms with Crippen molar-refractivity contribution in [1.29, 1.82) is 0 Å². The SMILES string of the molecule is O=P(O)(O)O.O=P(O)(O)O.O=P([O-])([O-])OP(=O)(O)O.O=P([O-])([O-])OP(=O)([O-])[O-].[Mn+2].[Mn+2].[Na+].[Na+]. The van der Waals surface area contributed by atoms with Crippen LogP contribution in [0.25, 0.3) is 0 Å². The van der Waals surface area contributed by atoms with E-state index in [4.69, 9.17) is 48.3 Å². The predicted molar refractivity (Wildman–Crippen MR) is 65.6 cm³/mol. The molecule has 2 radical (unpaired) electrons. The zero-order chi connectivity index (χ0) is 24.4. The van der Waals surface area contributed by atoms with Gasteiger partial charge in [-0.1, -0.05) is 0 Å². The van der Waals surface area contributed by atoms with E-state index in [1.807, 2.05) is 0 Å². The maximum absolute atomic E-state index is 9.55. The molecule has 0 aliphatic carbocycles. The summed E-state index contributed by atoms with van der Waals surface area (Å²) in [7, 11) is -31.4. The summed E-state index contributed by atoms with van der Waals surface area (Å²) in [5.41, 5.74) is 0. The number of hydrogen-bond acceptors (Lipinski definition) is 14. The summed E-state index contributed by atoms with van der Waals surface area (Å²) in [6.45, 7) is 0. The van der Waals surface area contributed by atoms with E-state index in [-0.39, 0.29) is 93.3 Å². The molecular formula is H8Mn2Na2O22P6. The summed E-state index contributed by atoms with van der Waals surface area (Å²) in [5.74, 6) is 0. The molecule has 0 aliphatic heterocycles. The van der Waals surface area contributed by atoms with E-state index in [0.717, 1.165) is 0 Å². The van der Waals surface area contributed by atoms with E-state index in [1.54, 1.807) is 0 Å². The second kappa shape index (κ2) is 22.7. The Hall–Kier alpha value is 3.78. The molecular weight excluding hydrogens is 694 g/mol. The third-order valence-electron chi connectivity index (χ3n) is 0.406. The van der Waals surface area contributed by atoms with E-state index < -0.39 is 46.9 Å². The van der Waals surface area contributed by atoms with Crippen LogP contribution in [0.3, 0.4) is 0 Å². The first-order valence-electron chi connectivity index (χ1n) is 4.52. The average molecular weight is 702 g/mol. The van der Waals surface area contributed by atoms with E-state index in [1.165, 1.54) is 0 Å². The van der Waals surface area contributed by atoms with Gasteiger partial charge in [-0.15, -0.1) is 0 Å². The van der Waals surface area contributed by atoms with Gasteiger partial charge in [0.05, 0.1) is 23.5 Å². The van der Waals surface area contributed by atoms with Crippen LogP contribution in [-0.2, 0) is 70.1 Å². The second-order valence-corrected chi connectivity index (χ2v) is 10.0. The van der Waals surface area contributed by atoms with Crippen molar-refractivity contribution in [3.8, 4) is 0 Å². The Labute approximate surface area is 242 Å². The van der Waals surface area contributed by atoms with Crippen LogP contribution in [0.4, 0.5) is 0 Å². The second-order valence-electron chi connectivity index (χ2n) is 3.02. The molecule has 0 amide bonds. The van der Waals surface area contributed by atoms with Crippen LogP contribution in [0.5, 0.6) is 0 Å². The quantitative estimate of drug-likeness (QED) is 0.0995. The standard InChI is InChI=1S/2Mn.2Na.2H4O7P2.2H3O4P/c;;;;2*1-8(2,3)7-9(4,5)6;2*1-5(2,3)4/h;;;;2*(H2,1,2,3)(H2,4,5,6);2*(H3,1,2,3,4)/q2*+2;2*+1;;;;/p-6. The van der Waals surface area contributed by atoms with Gasteiger partial charge in [0.1, 0.15) is 0 Å². The van der Waals surface area contributed by atoms with Crippen molar-refractivity contribution in [1.82, 2.24) is 0 Å².